The zero-order valence-corrected chi connectivity index (χ0v) is 20.0. The molecule has 1 amide bonds. The maximum Gasteiger partial charge on any atom is 0.224 e. The van der Waals surface area contributed by atoms with Crippen molar-refractivity contribution in [1.82, 2.24) is 19.7 Å². The minimum atomic E-state index is -0.0876. The van der Waals surface area contributed by atoms with Crippen molar-refractivity contribution >= 4 is 17.4 Å². The number of hydrogen-bond donors (Lipinski definition) is 1. The number of hydrogen-bond acceptors (Lipinski definition) is 8. The van der Waals surface area contributed by atoms with Crippen LogP contribution < -0.4 is 19.7 Å². The van der Waals surface area contributed by atoms with Crippen LogP contribution in [-0.2, 0) is 16.0 Å². The third-order valence-corrected chi connectivity index (χ3v) is 5.90. The predicted octanol–water partition coefficient (Wildman–Crippen LogP) is 2.70. The van der Waals surface area contributed by atoms with Crippen molar-refractivity contribution in [3.8, 4) is 17.3 Å². The van der Waals surface area contributed by atoms with Crippen molar-refractivity contribution in [1.29, 1.82) is 0 Å². The Labute approximate surface area is 198 Å². The minimum absolute atomic E-state index is 0.0876. The monoisotopic (exact) mass is 466 g/mol. The van der Waals surface area contributed by atoms with E-state index in [2.05, 4.69) is 20.2 Å². The largest absolute Gasteiger partial charge is 0.493 e. The van der Waals surface area contributed by atoms with Gasteiger partial charge in [-0.15, -0.1) is 0 Å². The smallest absolute Gasteiger partial charge is 0.224 e. The molecule has 4 rings (SSSR count). The molecule has 3 heterocycles. The first-order chi connectivity index (χ1) is 16.5. The van der Waals surface area contributed by atoms with E-state index >= 15 is 0 Å². The number of ether oxygens (including phenoxy) is 3. The summed E-state index contributed by atoms with van der Waals surface area (Å²) >= 11 is 0. The number of aryl methyl sites for hydroxylation is 1. The van der Waals surface area contributed by atoms with Gasteiger partial charge in [-0.25, -0.2) is 14.6 Å². The van der Waals surface area contributed by atoms with Crippen LogP contribution in [0.25, 0.3) is 5.82 Å². The molecule has 180 valence electrons. The molecular weight excluding hydrogens is 436 g/mol. The number of carbonyl (C=O) groups excluding carboxylic acids is 1. The van der Waals surface area contributed by atoms with Gasteiger partial charge in [-0.3, -0.25) is 4.79 Å². The number of rotatable bonds is 8. The highest BCUT2D eigenvalue weighted by molar-refractivity contribution is 5.91. The van der Waals surface area contributed by atoms with E-state index in [9.17, 15) is 4.79 Å². The molecule has 10 heteroatoms. The van der Waals surface area contributed by atoms with Crippen LogP contribution >= 0.6 is 0 Å². The van der Waals surface area contributed by atoms with Gasteiger partial charge in [0.2, 0.25) is 5.91 Å². The van der Waals surface area contributed by atoms with E-state index in [0.29, 0.717) is 49.1 Å². The summed E-state index contributed by atoms with van der Waals surface area (Å²) in [6, 6.07) is 7.24. The number of aromatic nitrogens is 4. The number of morpholine rings is 1. The minimum Gasteiger partial charge on any atom is -0.493 e. The maximum absolute atomic E-state index is 12.6. The van der Waals surface area contributed by atoms with Crippen molar-refractivity contribution in [2.45, 2.75) is 26.7 Å². The van der Waals surface area contributed by atoms with Gasteiger partial charge < -0.3 is 24.4 Å². The van der Waals surface area contributed by atoms with Gasteiger partial charge in [-0.1, -0.05) is 0 Å². The molecule has 1 aliphatic heterocycles. The Kier molecular flexibility index (Phi) is 7.27. The van der Waals surface area contributed by atoms with Crippen molar-refractivity contribution < 1.29 is 19.0 Å². The zero-order valence-electron chi connectivity index (χ0n) is 20.0. The molecule has 0 unspecified atom stereocenters. The lowest BCUT2D eigenvalue weighted by molar-refractivity contribution is -0.116. The fourth-order valence-electron chi connectivity index (χ4n) is 4.05. The Balaban J connectivity index is 1.44. The summed E-state index contributed by atoms with van der Waals surface area (Å²) < 4.78 is 17.8. The summed E-state index contributed by atoms with van der Waals surface area (Å²) in [5.74, 6) is 2.65. The Morgan fingerprint density at radius 3 is 2.53 bits per heavy atom. The molecule has 10 nitrogen and oxygen atoms in total. The zero-order chi connectivity index (χ0) is 24.1. The average molecular weight is 467 g/mol. The highest BCUT2D eigenvalue weighted by Gasteiger charge is 2.18. The summed E-state index contributed by atoms with van der Waals surface area (Å²) in [6.45, 7) is 6.93. The van der Waals surface area contributed by atoms with Crippen molar-refractivity contribution in [3.05, 3.63) is 47.5 Å². The van der Waals surface area contributed by atoms with Gasteiger partial charge in [0.05, 0.1) is 33.1 Å². The Bertz CT molecular complexity index is 1160. The molecule has 1 aliphatic rings. The fraction of sp³-hybridized carbons (Fsp3) is 0.417. The normalized spacial score (nSPS) is 13.6. The molecule has 1 N–H and O–H groups in total. The van der Waals surface area contributed by atoms with E-state index in [1.54, 1.807) is 38.7 Å². The molecule has 2 aromatic heterocycles. The van der Waals surface area contributed by atoms with Crippen LogP contribution in [0, 0.1) is 13.8 Å². The van der Waals surface area contributed by atoms with E-state index in [0.717, 1.165) is 35.9 Å². The second-order valence-corrected chi connectivity index (χ2v) is 8.01. The van der Waals surface area contributed by atoms with Crippen molar-refractivity contribution in [2.75, 3.05) is 50.7 Å². The fourth-order valence-corrected chi connectivity index (χ4v) is 4.05. The van der Waals surface area contributed by atoms with Gasteiger partial charge in [0.1, 0.15) is 12.1 Å². The molecule has 0 atom stereocenters. The number of carbonyl (C=O) groups is 1. The van der Waals surface area contributed by atoms with E-state index in [1.807, 2.05) is 24.6 Å². The average Bonchev–Trinajstić information content (AvgIpc) is 3.16. The molecule has 34 heavy (non-hydrogen) atoms. The van der Waals surface area contributed by atoms with Crippen LogP contribution in [0.15, 0.2) is 30.6 Å². The van der Waals surface area contributed by atoms with Crippen LogP contribution in [0.5, 0.6) is 11.5 Å². The van der Waals surface area contributed by atoms with E-state index < -0.39 is 0 Å². The van der Waals surface area contributed by atoms with Gasteiger partial charge in [0, 0.05) is 43.0 Å². The molecule has 0 saturated carbocycles. The third-order valence-electron chi connectivity index (χ3n) is 5.90. The lowest BCUT2D eigenvalue weighted by atomic mass is 10.1. The van der Waals surface area contributed by atoms with Gasteiger partial charge in [0.15, 0.2) is 17.3 Å². The van der Waals surface area contributed by atoms with E-state index in [1.165, 1.54) is 0 Å². The first kappa shape index (κ1) is 23.5. The quantitative estimate of drug-likeness (QED) is 0.541. The van der Waals surface area contributed by atoms with Crippen LogP contribution in [0.3, 0.4) is 0 Å². The topological polar surface area (TPSA) is 104 Å². The summed E-state index contributed by atoms with van der Waals surface area (Å²) in [5, 5.41) is 7.61. The Morgan fingerprint density at radius 1 is 1.06 bits per heavy atom. The van der Waals surface area contributed by atoms with Gasteiger partial charge >= 0.3 is 0 Å². The van der Waals surface area contributed by atoms with Crippen LogP contribution in [0.4, 0.5) is 11.5 Å². The molecule has 1 saturated heterocycles. The lowest BCUT2D eigenvalue weighted by Gasteiger charge is -2.27. The summed E-state index contributed by atoms with van der Waals surface area (Å²) in [6.07, 6.45) is 2.45. The first-order valence-electron chi connectivity index (χ1n) is 11.2. The third kappa shape index (κ3) is 5.12. The van der Waals surface area contributed by atoms with E-state index in [-0.39, 0.29) is 5.91 Å². The van der Waals surface area contributed by atoms with Crippen LogP contribution in [-0.4, -0.2) is 66.2 Å². The molecule has 1 aromatic carbocycles. The molecule has 0 bridgehead atoms. The standard InChI is InChI=1S/C24H30N6O4/c1-16-19(6-8-24(31)27-18-5-7-20(32-3)21(13-18)33-4)17(2)30(28-16)23-14-22(25-15-26-23)29-9-11-34-12-10-29/h5,7,13-15H,6,8-12H2,1-4H3,(H,27,31). The van der Waals surface area contributed by atoms with Gasteiger partial charge in [0.25, 0.3) is 0 Å². The molecule has 0 aliphatic carbocycles. The Hall–Kier alpha value is -3.66. The number of methoxy groups -OCH3 is 2. The van der Waals surface area contributed by atoms with Crippen molar-refractivity contribution in [3.63, 3.8) is 0 Å². The van der Waals surface area contributed by atoms with Crippen LogP contribution in [0.2, 0.25) is 0 Å². The number of nitrogens with one attached hydrogen (secondary N) is 1. The van der Waals surface area contributed by atoms with Gasteiger partial charge in [-0.05, 0) is 38.0 Å². The van der Waals surface area contributed by atoms with E-state index in [4.69, 9.17) is 19.3 Å². The molecular formula is C24H30N6O4. The highest BCUT2D eigenvalue weighted by atomic mass is 16.5. The maximum atomic E-state index is 12.6. The predicted molar refractivity (Wildman–Crippen MR) is 128 cm³/mol. The number of nitrogens with zero attached hydrogens (tertiary/aromatic N) is 5. The lowest BCUT2D eigenvalue weighted by Crippen LogP contribution is -2.36. The summed E-state index contributed by atoms with van der Waals surface area (Å²) in [7, 11) is 3.14. The van der Waals surface area contributed by atoms with Crippen molar-refractivity contribution in [2.24, 2.45) is 0 Å². The molecule has 0 radical (unpaired) electrons. The van der Waals surface area contributed by atoms with Crippen LogP contribution in [0.1, 0.15) is 23.4 Å². The highest BCUT2D eigenvalue weighted by Crippen LogP contribution is 2.30. The second-order valence-electron chi connectivity index (χ2n) is 8.01. The first-order valence-corrected chi connectivity index (χ1v) is 11.2. The SMILES string of the molecule is COc1ccc(NC(=O)CCc2c(C)nn(-c3cc(N4CCOCC4)ncn3)c2C)cc1OC. The number of amides is 1. The molecule has 3 aromatic rings. The second kappa shape index (κ2) is 10.5. The number of benzene rings is 1. The summed E-state index contributed by atoms with van der Waals surface area (Å²) in [4.78, 5) is 23.6. The summed E-state index contributed by atoms with van der Waals surface area (Å²) in [5.41, 5.74) is 3.53. The molecule has 0 spiro atoms. The molecule has 1 fully saturated rings. The van der Waals surface area contributed by atoms with Gasteiger partial charge in [-0.2, -0.15) is 5.10 Å². The number of anilines is 2. The Morgan fingerprint density at radius 2 is 1.79 bits per heavy atom.